The normalized spacial score (nSPS) is 39.4. The fourth-order valence-electron chi connectivity index (χ4n) is 6.01. The molecule has 2 aliphatic carbocycles. The molecule has 2 rings (SSSR count). The molecule has 2 fully saturated rings. The van der Waals surface area contributed by atoms with Gasteiger partial charge in [0, 0.05) is 0 Å². The van der Waals surface area contributed by atoms with Crippen LogP contribution in [0.5, 0.6) is 0 Å². The fourth-order valence-corrected chi connectivity index (χ4v) is 6.01. The molecule has 0 radical (unpaired) electrons. The van der Waals surface area contributed by atoms with E-state index in [-0.39, 0.29) is 12.2 Å². The summed E-state index contributed by atoms with van der Waals surface area (Å²) >= 11 is 0. The van der Waals surface area contributed by atoms with Gasteiger partial charge in [0.25, 0.3) is 0 Å². The minimum atomic E-state index is -0.0840. The molecule has 0 aromatic carbocycles. The van der Waals surface area contributed by atoms with Crippen molar-refractivity contribution < 1.29 is 10.2 Å². The number of aliphatic hydroxyl groups excluding tert-OH is 2. The topological polar surface area (TPSA) is 40.5 Å². The first-order valence-electron chi connectivity index (χ1n) is 10.3. The van der Waals surface area contributed by atoms with Gasteiger partial charge in [0.1, 0.15) is 0 Å². The van der Waals surface area contributed by atoms with Crippen LogP contribution in [0.25, 0.3) is 0 Å². The van der Waals surface area contributed by atoms with Gasteiger partial charge in [0.15, 0.2) is 0 Å². The first kappa shape index (κ1) is 19.2. The summed E-state index contributed by atoms with van der Waals surface area (Å²) in [5.74, 6) is 2.45. The van der Waals surface area contributed by atoms with Crippen molar-refractivity contribution in [2.24, 2.45) is 29.1 Å². The molecule has 23 heavy (non-hydrogen) atoms. The van der Waals surface area contributed by atoms with E-state index in [0.717, 1.165) is 24.7 Å². The highest BCUT2D eigenvalue weighted by Crippen LogP contribution is 2.55. The van der Waals surface area contributed by atoms with Crippen molar-refractivity contribution in [1.29, 1.82) is 0 Å². The van der Waals surface area contributed by atoms with E-state index >= 15 is 0 Å². The Bertz CT molecular complexity index is 320. The van der Waals surface area contributed by atoms with Crippen LogP contribution < -0.4 is 0 Å². The lowest BCUT2D eigenvalue weighted by molar-refractivity contribution is -0.0613. The Morgan fingerprint density at radius 3 is 1.43 bits per heavy atom. The van der Waals surface area contributed by atoms with Gasteiger partial charge in [-0.05, 0) is 80.5 Å². The standard InChI is InChI=1S/C21H40O2/c1-5-11-21(12-6-2,17-7-9-19(22)15(3)13-17)18-8-10-20(23)16(4)14-18/h15-20,22-23H,5-14H2,1-4H3. The zero-order chi connectivity index (χ0) is 17.0. The van der Waals surface area contributed by atoms with Crippen LogP contribution in [0, 0.1) is 29.1 Å². The van der Waals surface area contributed by atoms with Gasteiger partial charge in [-0.15, -0.1) is 0 Å². The molecule has 0 aromatic heterocycles. The maximum atomic E-state index is 10.2. The van der Waals surface area contributed by atoms with Crippen molar-refractivity contribution in [3.05, 3.63) is 0 Å². The lowest BCUT2D eigenvalue weighted by Gasteiger charge is -2.52. The zero-order valence-corrected chi connectivity index (χ0v) is 15.9. The maximum absolute atomic E-state index is 10.2. The van der Waals surface area contributed by atoms with E-state index in [9.17, 15) is 10.2 Å². The second-order valence-corrected chi connectivity index (χ2v) is 8.84. The lowest BCUT2D eigenvalue weighted by atomic mass is 9.53. The molecule has 6 unspecified atom stereocenters. The predicted octanol–water partition coefficient (Wildman–Crippen LogP) is 5.17. The van der Waals surface area contributed by atoms with E-state index in [0.29, 0.717) is 17.3 Å². The van der Waals surface area contributed by atoms with Gasteiger partial charge in [-0.1, -0.05) is 40.5 Å². The van der Waals surface area contributed by atoms with Crippen LogP contribution in [0.15, 0.2) is 0 Å². The molecule has 0 bridgehead atoms. The second-order valence-electron chi connectivity index (χ2n) is 8.84. The van der Waals surface area contributed by atoms with Gasteiger partial charge in [-0.3, -0.25) is 0 Å². The third-order valence-corrected chi connectivity index (χ3v) is 7.31. The van der Waals surface area contributed by atoms with E-state index in [2.05, 4.69) is 27.7 Å². The molecule has 2 heteroatoms. The Kier molecular flexibility index (Phi) is 6.98. The molecule has 136 valence electrons. The van der Waals surface area contributed by atoms with Crippen LogP contribution in [0.3, 0.4) is 0 Å². The van der Waals surface area contributed by atoms with E-state index in [1.165, 1.54) is 51.4 Å². The summed E-state index contributed by atoms with van der Waals surface area (Å²) in [6, 6.07) is 0. The van der Waals surface area contributed by atoms with Gasteiger partial charge in [0.2, 0.25) is 0 Å². The summed E-state index contributed by atoms with van der Waals surface area (Å²) in [6.45, 7) is 9.17. The molecule has 2 N–H and O–H groups in total. The van der Waals surface area contributed by atoms with Crippen LogP contribution in [0.2, 0.25) is 0 Å². The molecule has 0 aromatic rings. The molecular formula is C21H40O2. The van der Waals surface area contributed by atoms with Gasteiger partial charge in [0.05, 0.1) is 12.2 Å². The molecule has 0 spiro atoms. The van der Waals surface area contributed by atoms with E-state index in [1.54, 1.807) is 0 Å². The van der Waals surface area contributed by atoms with Crippen molar-refractivity contribution in [3.63, 3.8) is 0 Å². The van der Waals surface area contributed by atoms with Crippen LogP contribution in [0.4, 0.5) is 0 Å². The van der Waals surface area contributed by atoms with Gasteiger partial charge < -0.3 is 10.2 Å². The summed E-state index contributed by atoms with van der Waals surface area (Å²) in [5, 5.41) is 20.4. The average molecular weight is 325 g/mol. The van der Waals surface area contributed by atoms with Gasteiger partial charge in [-0.25, -0.2) is 0 Å². The van der Waals surface area contributed by atoms with Crippen LogP contribution in [-0.4, -0.2) is 22.4 Å². The van der Waals surface area contributed by atoms with E-state index < -0.39 is 0 Å². The smallest absolute Gasteiger partial charge is 0.0566 e. The molecular weight excluding hydrogens is 284 g/mol. The highest BCUT2D eigenvalue weighted by atomic mass is 16.3. The highest BCUT2D eigenvalue weighted by molar-refractivity contribution is 4.97. The SMILES string of the molecule is CCCC(CCC)(C1CCC(O)C(C)C1)C1CCC(O)C(C)C1. The Morgan fingerprint density at radius 2 is 1.13 bits per heavy atom. The van der Waals surface area contributed by atoms with Crippen molar-refractivity contribution in [2.45, 2.75) is 104 Å². The quantitative estimate of drug-likeness (QED) is 0.708. The Morgan fingerprint density at radius 1 is 0.739 bits per heavy atom. The van der Waals surface area contributed by atoms with Crippen molar-refractivity contribution in [2.75, 3.05) is 0 Å². The molecule has 0 amide bonds. The van der Waals surface area contributed by atoms with Crippen molar-refractivity contribution >= 4 is 0 Å². The van der Waals surface area contributed by atoms with Gasteiger partial charge >= 0.3 is 0 Å². The number of hydrogen-bond donors (Lipinski definition) is 2. The monoisotopic (exact) mass is 324 g/mol. The maximum Gasteiger partial charge on any atom is 0.0566 e. The summed E-state index contributed by atoms with van der Waals surface area (Å²) in [7, 11) is 0. The van der Waals surface area contributed by atoms with Crippen molar-refractivity contribution in [1.82, 2.24) is 0 Å². The van der Waals surface area contributed by atoms with Crippen molar-refractivity contribution in [3.8, 4) is 0 Å². The zero-order valence-electron chi connectivity index (χ0n) is 15.9. The Balaban J connectivity index is 2.23. The summed E-state index contributed by atoms with van der Waals surface area (Å²) in [5.41, 5.74) is 0.451. The van der Waals surface area contributed by atoms with Crippen LogP contribution >= 0.6 is 0 Å². The summed E-state index contributed by atoms with van der Waals surface area (Å²) < 4.78 is 0. The average Bonchev–Trinajstić information content (AvgIpc) is 2.52. The lowest BCUT2D eigenvalue weighted by Crippen LogP contribution is -2.45. The molecule has 2 nitrogen and oxygen atoms in total. The third kappa shape index (κ3) is 4.12. The fraction of sp³-hybridized carbons (Fsp3) is 1.00. The first-order chi connectivity index (χ1) is 10.9. The number of hydrogen-bond acceptors (Lipinski definition) is 2. The molecule has 6 atom stereocenters. The molecule has 0 heterocycles. The largest absolute Gasteiger partial charge is 0.393 e. The molecule has 0 aliphatic heterocycles. The second kappa shape index (κ2) is 8.34. The molecule has 2 aliphatic rings. The third-order valence-electron chi connectivity index (χ3n) is 7.31. The van der Waals surface area contributed by atoms with Gasteiger partial charge in [-0.2, -0.15) is 0 Å². The summed E-state index contributed by atoms with van der Waals surface area (Å²) in [6.07, 6.45) is 11.8. The predicted molar refractivity (Wildman–Crippen MR) is 97.3 cm³/mol. The number of aliphatic hydroxyl groups is 2. The van der Waals surface area contributed by atoms with Crippen LogP contribution in [0.1, 0.15) is 91.9 Å². The Hall–Kier alpha value is -0.0800. The summed E-state index contributed by atoms with van der Waals surface area (Å²) in [4.78, 5) is 0. The minimum absolute atomic E-state index is 0.0840. The molecule has 0 saturated heterocycles. The highest BCUT2D eigenvalue weighted by Gasteiger charge is 2.47. The number of rotatable bonds is 6. The minimum Gasteiger partial charge on any atom is -0.393 e. The van der Waals surface area contributed by atoms with E-state index in [4.69, 9.17) is 0 Å². The van der Waals surface area contributed by atoms with Crippen LogP contribution in [-0.2, 0) is 0 Å². The Labute approximate surface area is 144 Å². The van der Waals surface area contributed by atoms with E-state index in [1.807, 2.05) is 0 Å². The molecule has 2 saturated carbocycles. The first-order valence-corrected chi connectivity index (χ1v) is 10.3.